The summed E-state index contributed by atoms with van der Waals surface area (Å²) < 4.78 is 24.8. The zero-order valence-corrected chi connectivity index (χ0v) is 18.4. The molecule has 31 heavy (non-hydrogen) atoms. The van der Waals surface area contributed by atoms with Gasteiger partial charge in [0.25, 0.3) is 0 Å². The standard InChI is InChI=1S/C24H32N2O5/c1-28-17-9-16(10-18(12-17)29-2)15-6-7-19-21(11-15)26(23-5-3-4-8-31-23)25-24(19)20-13-30-14-22(20)27/h9-10,12,15,20,22-23,27H,3-8,11,13-14H2,1-2H3/t15?,20-,22-,23?/m0/s1. The van der Waals surface area contributed by atoms with E-state index in [4.69, 9.17) is 24.0 Å². The smallest absolute Gasteiger partial charge is 0.150 e. The van der Waals surface area contributed by atoms with Gasteiger partial charge in [-0.2, -0.15) is 5.10 Å². The maximum atomic E-state index is 10.5. The van der Waals surface area contributed by atoms with Gasteiger partial charge in [0.15, 0.2) is 0 Å². The number of hydrogen-bond acceptors (Lipinski definition) is 6. The van der Waals surface area contributed by atoms with Gasteiger partial charge in [-0.05, 0) is 67.7 Å². The summed E-state index contributed by atoms with van der Waals surface area (Å²) in [6, 6.07) is 6.15. The Labute approximate surface area is 183 Å². The molecule has 1 aromatic heterocycles. The van der Waals surface area contributed by atoms with E-state index in [0.717, 1.165) is 62.3 Å². The fraction of sp³-hybridized carbons (Fsp3) is 0.625. The first-order valence-electron chi connectivity index (χ1n) is 11.4. The van der Waals surface area contributed by atoms with Gasteiger partial charge in [0, 0.05) is 18.4 Å². The molecule has 2 saturated heterocycles. The predicted molar refractivity (Wildman–Crippen MR) is 115 cm³/mol. The van der Waals surface area contributed by atoms with Crippen LogP contribution in [0.2, 0.25) is 0 Å². The summed E-state index contributed by atoms with van der Waals surface area (Å²) in [6.45, 7) is 1.70. The molecule has 2 aliphatic heterocycles. The van der Waals surface area contributed by atoms with Crippen LogP contribution < -0.4 is 9.47 Å². The van der Waals surface area contributed by atoms with E-state index in [1.807, 2.05) is 6.07 Å². The van der Waals surface area contributed by atoms with Crippen LogP contribution in [-0.4, -0.2) is 55.0 Å². The van der Waals surface area contributed by atoms with Crippen LogP contribution in [0, 0.1) is 0 Å². The Hall–Kier alpha value is -2.09. The molecule has 4 atom stereocenters. The van der Waals surface area contributed by atoms with Crippen molar-refractivity contribution in [3.05, 3.63) is 40.7 Å². The molecule has 1 aliphatic carbocycles. The largest absolute Gasteiger partial charge is 0.497 e. The van der Waals surface area contributed by atoms with Crippen molar-refractivity contribution in [2.24, 2.45) is 0 Å². The van der Waals surface area contributed by atoms with Gasteiger partial charge < -0.3 is 24.1 Å². The predicted octanol–water partition coefficient (Wildman–Crippen LogP) is 3.35. The molecule has 5 rings (SSSR count). The van der Waals surface area contributed by atoms with Crippen LogP contribution >= 0.6 is 0 Å². The Kier molecular flexibility index (Phi) is 5.91. The normalized spacial score (nSPS) is 28.4. The Bertz CT molecular complexity index is 899. The van der Waals surface area contributed by atoms with E-state index in [1.54, 1.807) is 14.2 Å². The Balaban J connectivity index is 1.51. The second-order valence-corrected chi connectivity index (χ2v) is 8.87. The minimum absolute atomic E-state index is 0.0192. The van der Waals surface area contributed by atoms with E-state index in [2.05, 4.69) is 16.8 Å². The van der Waals surface area contributed by atoms with E-state index in [9.17, 15) is 5.11 Å². The maximum absolute atomic E-state index is 10.5. The lowest BCUT2D eigenvalue weighted by molar-refractivity contribution is -0.0417. The van der Waals surface area contributed by atoms with Gasteiger partial charge in [0.1, 0.15) is 17.7 Å². The van der Waals surface area contributed by atoms with Crippen LogP contribution in [0.25, 0.3) is 0 Å². The number of methoxy groups -OCH3 is 2. The average Bonchev–Trinajstić information content (AvgIpc) is 3.41. The molecule has 7 nitrogen and oxygen atoms in total. The van der Waals surface area contributed by atoms with Crippen LogP contribution in [-0.2, 0) is 22.3 Å². The highest BCUT2D eigenvalue weighted by atomic mass is 16.5. The second-order valence-electron chi connectivity index (χ2n) is 8.87. The number of hydrogen-bond donors (Lipinski definition) is 1. The van der Waals surface area contributed by atoms with Gasteiger partial charge in [-0.1, -0.05) is 0 Å². The topological polar surface area (TPSA) is 75.0 Å². The molecular weight excluding hydrogens is 396 g/mol. The molecule has 168 valence electrons. The van der Waals surface area contributed by atoms with Crippen LogP contribution in [0.15, 0.2) is 18.2 Å². The van der Waals surface area contributed by atoms with Crippen LogP contribution in [0.1, 0.15) is 66.3 Å². The summed E-state index contributed by atoms with van der Waals surface area (Å²) in [7, 11) is 3.38. The van der Waals surface area contributed by atoms with Gasteiger partial charge in [-0.25, -0.2) is 4.68 Å². The van der Waals surface area contributed by atoms with E-state index in [-0.39, 0.29) is 12.1 Å². The number of aromatic nitrogens is 2. The van der Waals surface area contributed by atoms with E-state index in [0.29, 0.717) is 19.1 Å². The fourth-order valence-electron chi connectivity index (χ4n) is 5.27. The minimum Gasteiger partial charge on any atom is -0.497 e. The van der Waals surface area contributed by atoms with Crippen molar-refractivity contribution >= 4 is 0 Å². The number of nitrogens with zero attached hydrogens (tertiary/aromatic N) is 2. The van der Waals surface area contributed by atoms with Crippen LogP contribution in [0.3, 0.4) is 0 Å². The molecule has 2 fully saturated rings. The highest BCUT2D eigenvalue weighted by molar-refractivity contribution is 5.42. The number of fused-ring (bicyclic) bond motifs is 1. The summed E-state index contributed by atoms with van der Waals surface area (Å²) in [5.74, 6) is 1.94. The molecule has 1 aromatic carbocycles. The number of rotatable bonds is 5. The lowest BCUT2D eigenvalue weighted by atomic mass is 9.80. The molecule has 0 amide bonds. The first-order chi connectivity index (χ1) is 15.2. The molecule has 0 spiro atoms. The van der Waals surface area contributed by atoms with Crippen molar-refractivity contribution in [1.82, 2.24) is 9.78 Å². The van der Waals surface area contributed by atoms with Gasteiger partial charge in [-0.15, -0.1) is 0 Å². The zero-order valence-electron chi connectivity index (χ0n) is 18.4. The quantitative estimate of drug-likeness (QED) is 0.787. The molecule has 2 unspecified atom stereocenters. The Morgan fingerprint density at radius 2 is 1.87 bits per heavy atom. The van der Waals surface area contributed by atoms with Crippen molar-refractivity contribution in [2.75, 3.05) is 34.0 Å². The number of benzene rings is 1. The van der Waals surface area contributed by atoms with Crippen molar-refractivity contribution < 1.29 is 24.1 Å². The molecule has 1 N–H and O–H groups in total. The van der Waals surface area contributed by atoms with Gasteiger partial charge in [-0.3, -0.25) is 0 Å². The van der Waals surface area contributed by atoms with E-state index in [1.165, 1.54) is 16.8 Å². The Morgan fingerprint density at radius 1 is 1.06 bits per heavy atom. The highest BCUT2D eigenvalue weighted by Gasteiger charge is 2.37. The van der Waals surface area contributed by atoms with Crippen molar-refractivity contribution in [1.29, 1.82) is 0 Å². The molecule has 0 bridgehead atoms. The third kappa shape index (κ3) is 3.95. The number of aliphatic hydroxyl groups is 1. The van der Waals surface area contributed by atoms with E-state index >= 15 is 0 Å². The summed E-state index contributed by atoms with van der Waals surface area (Å²) >= 11 is 0. The number of aliphatic hydroxyl groups excluding tert-OH is 1. The lowest BCUT2D eigenvalue weighted by Crippen LogP contribution is -2.23. The summed E-state index contributed by atoms with van der Waals surface area (Å²) in [6.07, 6.45) is 5.59. The molecule has 7 heteroatoms. The molecule has 2 aromatic rings. The van der Waals surface area contributed by atoms with Gasteiger partial charge in [0.05, 0.1) is 45.1 Å². The van der Waals surface area contributed by atoms with Crippen LogP contribution in [0.4, 0.5) is 0 Å². The first kappa shape index (κ1) is 20.8. The van der Waals surface area contributed by atoms with Crippen LogP contribution in [0.5, 0.6) is 11.5 Å². The SMILES string of the molecule is COc1cc(OC)cc(C2CCc3c([C@H]4COC[C@@H]4O)nn(C4CCCCO4)c3C2)c1. The van der Waals surface area contributed by atoms with E-state index < -0.39 is 6.10 Å². The lowest BCUT2D eigenvalue weighted by Gasteiger charge is -2.29. The third-order valence-corrected chi connectivity index (χ3v) is 7.01. The van der Waals surface area contributed by atoms with Crippen molar-refractivity contribution in [2.45, 2.75) is 62.7 Å². The molecular formula is C24H32N2O5. The highest BCUT2D eigenvalue weighted by Crippen LogP contribution is 2.41. The van der Waals surface area contributed by atoms with Crippen molar-refractivity contribution in [3.8, 4) is 11.5 Å². The Morgan fingerprint density at radius 3 is 2.52 bits per heavy atom. The molecule has 3 heterocycles. The molecule has 0 radical (unpaired) electrons. The molecule has 0 saturated carbocycles. The summed E-state index contributed by atoms with van der Waals surface area (Å²) in [4.78, 5) is 0. The van der Waals surface area contributed by atoms with Gasteiger partial charge in [0.2, 0.25) is 0 Å². The average molecular weight is 429 g/mol. The number of ether oxygens (including phenoxy) is 4. The first-order valence-corrected chi connectivity index (χ1v) is 11.4. The summed E-state index contributed by atoms with van der Waals surface area (Å²) in [5.41, 5.74) is 4.77. The van der Waals surface area contributed by atoms with Crippen molar-refractivity contribution in [3.63, 3.8) is 0 Å². The van der Waals surface area contributed by atoms with Gasteiger partial charge >= 0.3 is 0 Å². The molecule has 3 aliphatic rings. The zero-order chi connectivity index (χ0) is 21.4. The second kappa shape index (κ2) is 8.81. The minimum atomic E-state index is -0.486. The fourth-order valence-corrected chi connectivity index (χ4v) is 5.27. The summed E-state index contributed by atoms with van der Waals surface area (Å²) in [5, 5.41) is 15.5. The monoisotopic (exact) mass is 428 g/mol. The maximum Gasteiger partial charge on any atom is 0.150 e. The third-order valence-electron chi connectivity index (χ3n) is 7.01.